The van der Waals surface area contributed by atoms with Gasteiger partial charge >= 0.3 is 11.9 Å². The van der Waals surface area contributed by atoms with E-state index in [0.29, 0.717) is 39.1 Å². The molecule has 238 valence electrons. The molecule has 0 atom stereocenters. The van der Waals surface area contributed by atoms with Gasteiger partial charge in [0.15, 0.2) is 0 Å². The molecular formula is C40H28N4O5. The predicted molar refractivity (Wildman–Crippen MR) is 186 cm³/mol. The number of fused-ring (bicyclic) bond motifs is 1. The van der Waals surface area contributed by atoms with Gasteiger partial charge in [0.1, 0.15) is 17.4 Å². The average Bonchev–Trinajstić information content (AvgIpc) is 3.14. The van der Waals surface area contributed by atoms with Crippen LogP contribution in [-0.4, -0.2) is 34.4 Å². The minimum atomic E-state index is -0.618. The molecule has 6 aromatic rings. The van der Waals surface area contributed by atoms with Crippen LogP contribution in [0.4, 0.5) is 5.69 Å². The van der Waals surface area contributed by atoms with E-state index in [9.17, 15) is 19.6 Å². The lowest BCUT2D eigenvalue weighted by molar-refractivity contribution is -0.112. The second-order valence-electron chi connectivity index (χ2n) is 10.7. The van der Waals surface area contributed by atoms with Crippen molar-refractivity contribution in [3.05, 3.63) is 150 Å². The summed E-state index contributed by atoms with van der Waals surface area (Å²) in [5.74, 6) is -1.38. The van der Waals surface area contributed by atoms with Crippen LogP contribution in [0.2, 0.25) is 0 Å². The summed E-state index contributed by atoms with van der Waals surface area (Å²) in [7, 11) is 0. The molecule has 9 nitrogen and oxygen atoms in total. The number of benzene rings is 5. The second-order valence-corrected chi connectivity index (χ2v) is 10.7. The Morgan fingerprint density at radius 2 is 1.31 bits per heavy atom. The molecule has 1 heterocycles. The highest BCUT2D eigenvalue weighted by atomic mass is 16.5. The number of carbonyl (C=O) groups is 3. The van der Waals surface area contributed by atoms with Gasteiger partial charge in [-0.25, -0.2) is 19.6 Å². The van der Waals surface area contributed by atoms with Crippen molar-refractivity contribution in [2.75, 3.05) is 11.9 Å². The first-order valence-corrected chi connectivity index (χ1v) is 15.4. The van der Waals surface area contributed by atoms with Crippen molar-refractivity contribution in [1.82, 2.24) is 9.97 Å². The van der Waals surface area contributed by atoms with E-state index < -0.39 is 17.8 Å². The van der Waals surface area contributed by atoms with Crippen molar-refractivity contribution in [3.63, 3.8) is 0 Å². The van der Waals surface area contributed by atoms with Crippen LogP contribution < -0.4 is 10.1 Å². The number of hydrogen-bond acceptors (Lipinski definition) is 8. The number of anilines is 1. The Balaban J connectivity index is 1.16. The molecule has 0 fully saturated rings. The van der Waals surface area contributed by atoms with Crippen LogP contribution in [0.15, 0.2) is 133 Å². The van der Waals surface area contributed by atoms with E-state index in [0.717, 1.165) is 16.8 Å². The summed E-state index contributed by atoms with van der Waals surface area (Å²) in [4.78, 5) is 47.6. The number of hydrogen-bond donors (Lipinski definition) is 1. The normalized spacial score (nSPS) is 11.0. The Kier molecular flexibility index (Phi) is 9.59. The van der Waals surface area contributed by atoms with Gasteiger partial charge in [0.2, 0.25) is 0 Å². The minimum absolute atomic E-state index is 0.137. The highest BCUT2D eigenvalue weighted by Crippen LogP contribution is 2.31. The van der Waals surface area contributed by atoms with Crippen molar-refractivity contribution < 1.29 is 23.9 Å². The first-order chi connectivity index (χ1) is 23.9. The molecule has 0 bridgehead atoms. The van der Waals surface area contributed by atoms with Crippen LogP contribution in [0.1, 0.15) is 33.2 Å². The van der Waals surface area contributed by atoms with Gasteiger partial charge in [-0.3, -0.25) is 4.79 Å². The third-order valence-corrected chi connectivity index (χ3v) is 7.42. The smallest absolute Gasteiger partial charge is 0.343 e. The lowest BCUT2D eigenvalue weighted by Gasteiger charge is -2.11. The van der Waals surface area contributed by atoms with Crippen molar-refractivity contribution in [2.24, 2.45) is 0 Å². The monoisotopic (exact) mass is 644 g/mol. The standard InChI is InChI=1S/C40H28N4O5/c1-2-48-39(46)29-15-18-32(19-16-29)42-38(45)31(25-41)23-26-13-20-33(21-14-26)49-40(47)30-17-22-34-35(24-30)44-37(28-11-7-4-8-12-28)36(43-34)27-9-5-3-6-10-27/h3-24H,2H2,1H3,(H,42,45)/b31-23+. The van der Waals surface area contributed by atoms with Crippen LogP contribution in [-0.2, 0) is 9.53 Å². The summed E-state index contributed by atoms with van der Waals surface area (Å²) >= 11 is 0. The van der Waals surface area contributed by atoms with E-state index in [1.165, 1.54) is 18.2 Å². The number of nitriles is 1. The third-order valence-electron chi connectivity index (χ3n) is 7.42. The highest BCUT2D eigenvalue weighted by molar-refractivity contribution is 6.09. The SMILES string of the molecule is CCOC(=O)c1ccc(NC(=O)/C(C#N)=C/c2ccc(OC(=O)c3ccc4nc(-c5ccccc5)c(-c5ccccc5)nc4c3)cc2)cc1. The molecule has 0 radical (unpaired) electrons. The maximum atomic E-state index is 13.2. The maximum Gasteiger partial charge on any atom is 0.343 e. The first kappa shape index (κ1) is 32.0. The molecule has 6 rings (SSSR count). The topological polar surface area (TPSA) is 131 Å². The van der Waals surface area contributed by atoms with E-state index in [-0.39, 0.29) is 17.9 Å². The van der Waals surface area contributed by atoms with Crippen molar-refractivity contribution in [3.8, 4) is 34.3 Å². The molecule has 1 aromatic heterocycles. The van der Waals surface area contributed by atoms with Crippen LogP contribution in [0.5, 0.6) is 5.75 Å². The van der Waals surface area contributed by atoms with Crippen LogP contribution in [0.25, 0.3) is 39.6 Å². The Bertz CT molecular complexity index is 2230. The molecule has 0 aliphatic carbocycles. The van der Waals surface area contributed by atoms with Crippen molar-refractivity contribution in [2.45, 2.75) is 6.92 Å². The predicted octanol–water partition coefficient (Wildman–Crippen LogP) is 7.91. The molecule has 5 aromatic carbocycles. The summed E-state index contributed by atoms with van der Waals surface area (Å²) in [5, 5.41) is 12.3. The van der Waals surface area contributed by atoms with E-state index in [2.05, 4.69) is 5.32 Å². The molecule has 0 saturated carbocycles. The Hall–Kier alpha value is -6.92. The zero-order valence-electron chi connectivity index (χ0n) is 26.3. The second kappa shape index (κ2) is 14.7. The molecule has 0 aliphatic rings. The summed E-state index contributed by atoms with van der Waals surface area (Å²) in [6, 6.07) is 39.1. The Labute approximate surface area is 282 Å². The molecule has 0 spiro atoms. The number of aromatic nitrogens is 2. The zero-order chi connectivity index (χ0) is 34.2. The number of nitrogens with one attached hydrogen (secondary N) is 1. The minimum Gasteiger partial charge on any atom is -0.462 e. The number of esters is 2. The van der Waals surface area contributed by atoms with Crippen molar-refractivity contribution >= 4 is 40.6 Å². The summed E-state index contributed by atoms with van der Waals surface area (Å²) in [6.45, 7) is 1.97. The number of rotatable bonds is 9. The van der Waals surface area contributed by atoms with E-state index in [1.54, 1.807) is 61.5 Å². The van der Waals surface area contributed by atoms with Crippen LogP contribution in [0.3, 0.4) is 0 Å². The average molecular weight is 645 g/mol. The number of nitrogens with zero attached hydrogens (tertiary/aromatic N) is 3. The largest absolute Gasteiger partial charge is 0.462 e. The Morgan fingerprint density at radius 1 is 0.714 bits per heavy atom. The van der Waals surface area contributed by atoms with Gasteiger partial charge in [0, 0.05) is 16.8 Å². The van der Waals surface area contributed by atoms with Gasteiger partial charge in [-0.1, -0.05) is 72.8 Å². The fraction of sp³-hybridized carbons (Fsp3) is 0.0500. The summed E-state index contributed by atoms with van der Waals surface area (Å²) in [5.41, 5.74) is 5.93. The molecule has 0 saturated heterocycles. The molecule has 1 N–H and O–H groups in total. The van der Waals surface area contributed by atoms with Gasteiger partial charge in [-0.15, -0.1) is 0 Å². The first-order valence-electron chi connectivity index (χ1n) is 15.4. The van der Waals surface area contributed by atoms with Crippen LogP contribution in [0, 0.1) is 11.3 Å². The van der Waals surface area contributed by atoms with E-state index in [1.807, 2.05) is 66.7 Å². The molecule has 49 heavy (non-hydrogen) atoms. The van der Waals surface area contributed by atoms with Gasteiger partial charge in [-0.05, 0) is 73.2 Å². The number of carbonyl (C=O) groups excluding carboxylic acids is 3. The summed E-state index contributed by atoms with van der Waals surface area (Å²) < 4.78 is 10.6. The fourth-order valence-electron chi connectivity index (χ4n) is 4.99. The molecule has 0 unspecified atom stereocenters. The lowest BCUT2D eigenvalue weighted by atomic mass is 10.0. The Morgan fingerprint density at radius 3 is 1.90 bits per heavy atom. The number of amides is 1. The van der Waals surface area contributed by atoms with Gasteiger partial charge in [0.05, 0.1) is 40.2 Å². The zero-order valence-corrected chi connectivity index (χ0v) is 26.3. The lowest BCUT2D eigenvalue weighted by Crippen LogP contribution is -2.13. The van der Waals surface area contributed by atoms with E-state index in [4.69, 9.17) is 19.4 Å². The van der Waals surface area contributed by atoms with E-state index >= 15 is 0 Å². The molecule has 1 amide bonds. The fourth-order valence-corrected chi connectivity index (χ4v) is 4.99. The van der Waals surface area contributed by atoms with Gasteiger partial charge in [-0.2, -0.15) is 5.26 Å². The molecular weight excluding hydrogens is 616 g/mol. The molecule has 9 heteroatoms. The molecule has 0 aliphatic heterocycles. The van der Waals surface area contributed by atoms with Gasteiger partial charge < -0.3 is 14.8 Å². The third kappa shape index (κ3) is 7.56. The maximum absolute atomic E-state index is 13.2. The summed E-state index contributed by atoms with van der Waals surface area (Å²) in [6.07, 6.45) is 1.42. The van der Waals surface area contributed by atoms with Crippen LogP contribution >= 0.6 is 0 Å². The highest BCUT2D eigenvalue weighted by Gasteiger charge is 2.16. The quantitative estimate of drug-likeness (QED) is 0.0727. The number of ether oxygens (including phenoxy) is 2. The van der Waals surface area contributed by atoms with Crippen molar-refractivity contribution in [1.29, 1.82) is 5.26 Å². The van der Waals surface area contributed by atoms with Gasteiger partial charge in [0.25, 0.3) is 5.91 Å².